The van der Waals surface area contributed by atoms with Gasteiger partial charge in [-0.25, -0.2) is 4.99 Å². The molecule has 0 aliphatic carbocycles. The van der Waals surface area contributed by atoms with Crippen LogP contribution in [0.5, 0.6) is 17.2 Å². The molecule has 0 unspecified atom stereocenters. The summed E-state index contributed by atoms with van der Waals surface area (Å²) in [5, 5.41) is 6.60. The SMILES string of the molecule is CCNC(=NCc1cc(OC)c(OCC)c(OC)c1)NCCc1ccccn1.I. The van der Waals surface area contributed by atoms with Crippen LogP contribution in [0.25, 0.3) is 0 Å². The van der Waals surface area contributed by atoms with Crippen molar-refractivity contribution in [2.24, 2.45) is 4.99 Å². The molecule has 1 aromatic heterocycles. The number of halogens is 1. The van der Waals surface area contributed by atoms with E-state index < -0.39 is 0 Å². The zero-order valence-corrected chi connectivity index (χ0v) is 19.9. The molecule has 160 valence electrons. The summed E-state index contributed by atoms with van der Waals surface area (Å²) in [6, 6.07) is 9.78. The Morgan fingerprint density at radius 2 is 1.79 bits per heavy atom. The van der Waals surface area contributed by atoms with E-state index in [9.17, 15) is 0 Å². The quantitative estimate of drug-likeness (QED) is 0.288. The predicted molar refractivity (Wildman–Crippen MR) is 127 cm³/mol. The predicted octanol–water partition coefficient (Wildman–Crippen LogP) is 3.41. The summed E-state index contributed by atoms with van der Waals surface area (Å²) < 4.78 is 16.6. The fourth-order valence-electron chi connectivity index (χ4n) is 2.68. The molecule has 0 radical (unpaired) electrons. The van der Waals surface area contributed by atoms with Crippen molar-refractivity contribution < 1.29 is 14.2 Å². The van der Waals surface area contributed by atoms with Gasteiger partial charge in [-0.3, -0.25) is 4.98 Å². The number of methoxy groups -OCH3 is 2. The fraction of sp³-hybridized carbons (Fsp3) is 0.429. The molecule has 0 bridgehead atoms. The summed E-state index contributed by atoms with van der Waals surface area (Å²) in [6.07, 6.45) is 2.64. The number of benzene rings is 1. The van der Waals surface area contributed by atoms with Crippen molar-refractivity contribution in [2.45, 2.75) is 26.8 Å². The van der Waals surface area contributed by atoms with Crippen LogP contribution >= 0.6 is 24.0 Å². The largest absolute Gasteiger partial charge is 0.493 e. The van der Waals surface area contributed by atoms with Gasteiger partial charge in [0.1, 0.15) is 0 Å². The van der Waals surface area contributed by atoms with Gasteiger partial charge < -0.3 is 24.8 Å². The molecule has 2 N–H and O–H groups in total. The first-order valence-electron chi connectivity index (χ1n) is 9.51. The van der Waals surface area contributed by atoms with Crippen LogP contribution in [0.4, 0.5) is 0 Å². The van der Waals surface area contributed by atoms with Gasteiger partial charge in [-0.2, -0.15) is 0 Å². The maximum Gasteiger partial charge on any atom is 0.203 e. The van der Waals surface area contributed by atoms with E-state index in [0.717, 1.165) is 36.7 Å². The minimum absolute atomic E-state index is 0. The van der Waals surface area contributed by atoms with Gasteiger partial charge in [0.2, 0.25) is 5.75 Å². The molecule has 0 aliphatic heterocycles. The highest BCUT2D eigenvalue weighted by atomic mass is 127. The number of guanidine groups is 1. The number of hydrogen-bond acceptors (Lipinski definition) is 5. The van der Waals surface area contributed by atoms with E-state index in [-0.39, 0.29) is 24.0 Å². The zero-order chi connectivity index (χ0) is 20.2. The van der Waals surface area contributed by atoms with Gasteiger partial charge in [0.25, 0.3) is 0 Å². The van der Waals surface area contributed by atoms with Gasteiger partial charge in [0, 0.05) is 31.4 Å². The van der Waals surface area contributed by atoms with Crippen LogP contribution in [0.3, 0.4) is 0 Å². The number of pyridine rings is 1. The molecule has 0 amide bonds. The molecule has 0 saturated carbocycles. The maximum atomic E-state index is 5.65. The molecule has 0 aliphatic rings. The monoisotopic (exact) mass is 514 g/mol. The smallest absolute Gasteiger partial charge is 0.203 e. The molecular weight excluding hydrogens is 483 g/mol. The van der Waals surface area contributed by atoms with E-state index in [1.807, 2.05) is 44.2 Å². The summed E-state index contributed by atoms with van der Waals surface area (Å²) in [5.41, 5.74) is 2.02. The molecule has 2 rings (SSSR count). The zero-order valence-electron chi connectivity index (χ0n) is 17.5. The minimum atomic E-state index is 0. The number of nitrogens with one attached hydrogen (secondary N) is 2. The molecule has 1 aromatic carbocycles. The number of ether oxygens (including phenoxy) is 3. The Morgan fingerprint density at radius 3 is 2.34 bits per heavy atom. The van der Waals surface area contributed by atoms with Gasteiger partial charge in [-0.15, -0.1) is 24.0 Å². The Morgan fingerprint density at radius 1 is 1.07 bits per heavy atom. The third kappa shape index (κ3) is 7.96. The second-order valence-corrected chi connectivity index (χ2v) is 5.96. The van der Waals surface area contributed by atoms with Gasteiger partial charge in [-0.1, -0.05) is 6.07 Å². The highest BCUT2D eigenvalue weighted by Gasteiger charge is 2.13. The Kier molecular flexibility index (Phi) is 11.9. The highest BCUT2D eigenvalue weighted by Crippen LogP contribution is 2.38. The van der Waals surface area contributed by atoms with E-state index in [4.69, 9.17) is 14.2 Å². The lowest BCUT2D eigenvalue weighted by molar-refractivity contribution is 0.288. The Bertz CT molecular complexity index is 732. The maximum absolute atomic E-state index is 5.65. The van der Waals surface area contributed by atoms with Gasteiger partial charge >= 0.3 is 0 Å². The Balaban J connectivity index is 0.00000420. The molecule has 0 fully saturated rings. The van der Waals surface area contributed by atoms with Crippen molar-refractivity contribution in [3.05, 3.63) is 47.8 Å². The molecule has 8 heteroatoms. The molecular formula is C21H31IN4O3. The number of aromatic nitrogens is 1. The van der Waals surface area contributed by atoms with E-state index >= 15 is 0 Å². The van der Waals surface area contributed by atoms with Crippen LogP contribution in [0, 0.1) is 0 Å². The van der Waals surface area contributed by atoms with Crippen molar-refractivity contribution in [2.75, 3.05) is 33.9 Å². The van der Waals surface area contributed by atoms with Gasteiger partial charge in [-0.05, 0) is 43.7 Å². The van der Waals surface area contributed by atoms with Crippen LogP contribution in [0.1, 0.15) is 25.1 Å². The molecule has 2 aromatic rings. The summed E-state index contributed by atoms with van der Waals surface area (Å²) in [5.74, 6) is 2.64. The highest BCUT2D eigenvalue weighted by molar-refractivity contribution is 14.0. The lowest BCUT2D eigenvalue weighted by Crippen LogP contribution is -2.38. The first-order valence-corrected chi connectivity index (χ1v) is 9.51. The van der Waals surface area contributed by atoms with Gasteiger partial charge in [0.15, 0.2) is 17.5 Å². The summed E-state index contributed by atoms with van der Waals surface area (Å²) in [7, 11) is 3.24. The first kappa shape index (κ1) is 24.8. The number of rotatable bonds is 10. The summed E-state index contributed by atoms with van der Waals surface area (Å²) in [4.78, 5) is 9.00. The van der Waals surface area contributed by atoms with E-state index in [1.165, 1.54) is 0 Å². The molecule has 0 atom stereocenters. The van der Waals surface area contributed by atoms with E-state index in [1.54, 1.807) is 20.4 Å². The standard InChI is InChI=1S/C21H30N4O3.HI/c1-5-22-21(24-12-10-17-9-7-8-11-23-17)25-15-16-13-18(26-3)20(28-6-2)19(14-16)27-4;/h7-9,11,13-14H,5-6,10,12,15H2,1-4H3,(H2,22,24,25);1H. The molecule has 29 heavy (non-hydrogen) atoms. The fourth-order valence-corrected chi connectivity index (χ4v) is 2.68. The lowest BCUT2D eigenvalue weighted by Gasteiger charge is -2.15. The average molecular weight is 514 g/mol. The number of hydrogen-bond donors (Lipinski definition) is 2. The molecule has 0 spiro atoms. The summed E-state index contributed by atoms with van der Waals surface area (Å²) >= 11 is 0. The Labute approximate surface area is 190 Å². The van der Waals surface area contributed by atoms with Crippen LogP contribution in [0.15, 0.2) is 41.5 Å². The van der Waals surface area contributed by atoms with Crippen LogP contribution in [-0.2, 0) is 13.0 Å². The lowest BCUT2D eigenvalue weighted by atomic mass is 10.2. The van der Waals surface area contributed by atoms with Crippen molar-refractivity contribution in [3.63, 3.8) is 0 Å². The van der Waals surface area contributed by atoms with Crippen LogP contribution < -0.4 is 24.8 Å². The molecule has 0 saturated heterocycles. The number of aliphatic imine (C=N–C) groups is 1. The second kappa shape index (κ2) is 13.9. The third-order valence-electron chi connectivity index (χ3n) is 3.97. The average Bonchev–Trinajstić information content (AvgIpc) is 2.73. The minimum Gasteiger partial charge on any atom is -0.493 e. The normalized spacial score (nSPS) is 10.7. The van der Waals surface area contributed by atoms with Crippen molar-refractivity contribution in [1.29, 1.82) is 0 Å². The number of nitrogens with zero attached hydrogens (tertiary/aromatic N) is 2. The molecule has 7 nitrogen and oxygen atoms in total. The Hall–Kier alpha value is -2.23. The van der Waals surface area contributed by atoms with Crippen molar-refractivity contribution in [3.8, 4) is 17.2 Å². The first-order chi connectivity index (χ1) is 13.7. The van der Waals surface area contributed by atoms with E-state index in [2.05, 4.69) is 20.6 Å². The summed E-state index contributed by atoms with van der Waals surface area (Å²) in [6.45, 7) is 6.52. The van der Waals surface area contributed by atoms with Crippen molar-refractivity contribution in [1.82, 2.24) is 15.6 Å². The topological polar surface area (TPSA) is 77.0 Å². The van der Waals surface area contributed by atoms with E-state index in [0.29, 0.717) is 30.4 Å². The van der Waals surface area contributed by atoms with Gasteiger partial charge in [0.05, 0.1) is 27.4 Å². The molecule has 1 heterocycles. The third-order valence-corrected chi connectivity index (χ3v) is 3.97. The second-order valence-electron chi connectivity index (χ2n) is 5.96. The van der Waals surface area contributed by atoms with Crippen LogP contribution in [-0.4, -0.2) is 44.9 Å². The van der Waals surface area contributed by atoms with Crippen molar-refractivity contribution >= 4 is 29.9 Å². The van der Waals surface area contributed by atoms with Crippen LogP contribution in [0.2, 0.25) is 0 Å².